The van der Waals surface area contributed by atoms with Gasteiger partial charge in [0.1, 0.15) is 18.1 Å². The molecule has 1 heterocycles. The number of rotatable bonds is 3. The lowest BCUT2D eigenvalue weighted by Gasteiger charge is -2.38. The predicted octanol–water partition coefficient (Wildman–Crippen LogP) is 2.73. The van der Waals surface area contributed by atoms with Gasteiger partial charge < -0.3 is 9.30 Å². The predicted molar refractivity (Wildman–Crippen MR) is 79.4 cm³/mol. The molecule has 4 heteroatoms. The number of ether oxygens (including phenoxy) is 1. The molecule has 1 aromatic heterocycles. The number of pyridine rings is 1. The maximum absolute atomic E-state index is 12.2. The van der Waals surface area contributed by atoms with E-state index in [2.05, 4.69) is 20.8 Å². The van der Waals surface area contributed by atoms with Crippen molar-refractivity contribution in [3.63, 3.8) is 0 Å². The number of carbonyl (C=O) groups is 1. The van der Waals surface area contributed by atoms with E-state index in [1.807, 2.05) is 6.07 Å². The molecule has 1 aromatic rings. The molecule has 0 amide bonds. The molecule has 2 saturated carbocycles. The van der Waals surface area contributed by atoms with Gasteiger partial charge >= 0.3 is 5.97 Å². The maximum Gasteiger partial charge on any atom is 0.326 e. The second-order valence-corrected chi connectivity index (χ2v) is 7.30. The number of carbonyl (C=O) groups excluding carboxylic acids is 1. The van der Waals surface area contributed by atoms with Gasteiger partial charge in [-0.05, 0) is 42.7 Å². The van der Waals surface area contributed by atoms with E-state index in [-0.39, 0.29) is 29.4 Å². The minimum atomic E-state index is -0.228. The molecular formula is C17H24N2O2. The molecule has 0 aliphatic heterocycles. The fourth-order valence-electron chi connectivity index (χ4n) is 4.26. The van der Waals surface area contributed by atoms with Gasteiger partial charge in [0.25, 0.3) is 0 Å². The number of hydrogen-bond donors (Lipinski definition) is 1. The van der Waals surface area contributed by atoms with Gasteiger partial charge in [0.15, 0.2) is 0 Å². The third-order valence-corrected chi connectivity index (χ3v) is 6.23. The monoisotopic (exact) mass is 288 g/mol. The van der Waals surface area contributed by atoms with Gasteiger partial charge in [-0.1, -0.05) is 26.8 Å². The number of fused-ring (bicyclic) bond motifs is 2. The van der Waals surface area contributed by atoms with Crippen molar-refractivity contribution < 1.29 is 9.53 Å². The summed E-state index contributed by atoms with van der Waals surface area (Å²) in [5.74, 6) is 0.436. The first-order chi connectivity index (χ1) is 9.84. The highest BCUT2D eigenvalue weighted by molar-refractivity contribution is 5.69. The van der Waals surface area contributed by atoms with Crippen LogP contribution in [0.3, 0.4) is 0 Å². The van der Waals surface area contributed by atoms with E-state index in [4.69, 9.17) is 10.1 Å². The highest BCUT2D eigenvalue weighted by Gasteiger charge is 2.62. The minimum Gasteiger partial charge on any atom is -0.460 e. The fourth-order valence-corrected chi connectivity index (χ4v) is 4.26. The van der Waals surface area contributed by atoms with E-state index in [1.54, 1.807) is 22.9 Å². The second-order valence-electron chi connectivity index (χ2n) is 7.30. The SMILES string of the molecule is CC1(C)C2CCC1(C)C(OC(=O)Cn1ccccc1=N)C2. The summed E-state index contributed by atoms with van der Waals surface area (Å²) >= 11 is 0. The summed E-state index contributed by atoms with van der Waals surface area (Å²) in [6.07, 6.45) is 5.16. The molecule has 3 unspecified atom stereocenters. The zero-order valence-corrected chi connectivity index (χ0v) is 13.1. The smallest absolute Gasteiger partial charge is 0.326 e. The Labute approximate surface area is 125 Å². The molecule has 2 aliphatic rings. The van der Waals surface area contributed by atoms with E-state index in [1.165, 1.54) is 6.42 Å². The summed E-state index contributed by atoms with van der Waals surface area (Å²) in [6, 6.07) is 5.30. The topological polar surface area (TPSA) is 55.1 Å². The minimum absolute atomic E-state index is 0.0252. The van der Waals surface area contributed by atoms with Crippen LogP contribution in [0, 0.1) is 22.2 Å². The van der Waals surface area contributed by atoms with Crippen LogP contribution in [0.15, 0.2) is 24.4 Å². The average Bonchev–Trinajstić information content (AvgIpc) is 2.74. The Morgan fingerprint density at radius 1 is 1.43 bits per heavy atom. The van der Waals surface area contributed by atoms with Crippen LogP contribution in [0.25, 0.3) is 0 Å². The number of hydrogen-bond acceptors (Lipinski definition) is 3. The van der Waals surface area contributed by atoms with E-state index in [0.29, 0.717) is 11.4 Å². The van der Waals surface area contributed by atoms with Gasteiger partial charge in [0, 0.05) is 11.6 Å². The lowest BCUT2D eigenvalue weighted by atomic mass is 9.70. The van der Waals surface area contributed by atoms with E-state index in [9.17, 15) is 4.79 Å². The van der Waals surface area contributed by atoms with Crippen molar-refractivity contribution in [3.8, 4) is 0 Å². The second kappa shape index (κ2) is 4.72. The van der Waals surface area contributed by atoms with Crippen LogP contribution in [0.2, 0.25) is 0 Å². The normalized spacial score (nSPS) is 33.1. The van der Waals surface area contributed by atoms with Crippen LogP contribution in [0.5, 0.6) is 0 Å². The molecule has 2 fully saturated rings. The third kappa shape index (κ3) is 2.12. The highest BCUT2D eigenvalue weighted by atomic mass is 16.5. The standard InChI is InChI=1S/C17H24N2O2/c1-16(2)12-7-8-17(16,3)13(10-12)21-15(20)11-19-9-5-4-6-14(19)18/h4-6,9,12-13,18H,7-8,10-11H2,1-3H3. The summed E-state index contributed by atoms with van der Waals surface area (Å²) in [6.45, 7) is 7.01. The molecule has 3 atom stereocenters. The fraction of sp³-hybridized carbons (Fsp3) is 0.647. The molecule has 114 valence electrons. The number of aromatic nitrogens is 1. The zero-order valence-electron chi connectivity index (χ0n) is 13.1. The van der Waals surface area contributed by atoms with Crippen molar-refractivity contribution in [3.05, 3.63) is 29.9 Å². The Hall–Kier alpha value is -1.58. The van der Waals surface area contributed by atoms with Crippen molar-refractivity contribution >= 4 is 5.97 Å². The van der Waals surface area contributed by atoms with E-state index < -0.39 is 0 Å². The number of esters is 1. The molecular weight excluding hydrogens is 264 g/mol. The maximum atomic E-state index is 12.2. The first kappa shape index (κ1) is 14.4. The Balaban J connectivity index is 1.70. The molecule has 2 bridgehead atoms. The highest BCUT2D eigenvalue weighted by Crippen LogP contribution is 2.66. The van der Waals surface area contributed by atoms with Crippen LogP contribution >= 0.6 is 0 Å². The molecule has 3 rings (SSSR count). The Bertz CT molecular complexity index is 619. The molecule has 0 aromatic carbocycles. The largest absolute Gasteiger partial charge is 0.460 e. The van der Waals surface area contributed by atoms with Gasteiger partial charge in [-0.3, -0.25) is 10.2 Å². The quantitative estimate of drug-likeness (QED) is 0.869. The molecule has 0 saturated heterocycles. The molecule has 0 radical (unpaired) electrons. The van der Waals surface area contributed by atoms with E-state index in [0.717, 1.165) is 12.8 Å². The lowest BCUT2D eigenvalue weighted by Crippen LogP contribution is -2.39. The molecule has 4 nitrogen and oxygen atoms in total. The van der Waals surface area contributed by atoms with Gasteiger partial charge in [0.2, 0.25) is 0 Å². The summed E-state index contributed by atoms with van der Waals surface area (Å²) in [7, 11) is 0. The van der Waals surface area contributed by atoms with Crippen LogP contribution < -0.4 is 5.49 Å². The Kier molecular flexibility index (Phi) is 3.23. The number of nitrogens with zero attached hydrogens (tertiary/aromatic N) is 1. The molecule has 21 heavy (non-hydrogen) atoms. The summed E-state index contributed by atoms with van der Waals surface area (Å²) < 4.78 is 7.41. The van der Waals surface area contributed by atoms with Crippen molar-refractivity contribution in [2.24, 2.45) is 16.7 Å². The van der Waals surface area contributed by atoms with Crippen LogP contribution in [0.4, 0.5) is 0 Å². The summed E-state index contributed by atoms with van der Waals surface area (Å²) in [4.78, 5) is 12.2. The van der Waals surface area contributed by atoms with Crippen LogP contribution in [0.1, 0.15) is 40.0 Å². The van der Waals surface area contributed by atoms with Crippen molar-refractivity contribution in [2.45, 2.75) is 52.7 Å². The van der Waals surface area contributed by atoms with Gasteiger partial charge in [-0.25, -0.2) is 0 Å². The van der Waals surface area contributed by atoms with E-state index >= 15 is 0 Å². The molecule has 1 N–H and O–H groups in total. The first-order valence-corrected chi connectivity index (χ1v) is 7.74. The van der Waals surface area contributed by atoms with Crippen molar-refractivity contribution in [1.29, 1.82) is 5.41 Å². The third-order valence-electron chi connectivity index (χ3n) is 6.23. The van der Waals surface area contributed by atoms with Gasteiger partial charge in [-0.2, -0.15) is 0 Å². The van der Waals surface area contributed by atoms with Crippen LogP contribution in [-0.2, 0) is 16.1 Å². The van der Waals surface area contributed by atoms with Crippen molar-refractivity contribution in [2.75, 3.05) is 0 Å². The molecule has 0 spiro atoms. The average molecular weight is 288 g/mol. The van der Waals surface area contributed by atoms with Crippen LogP contribution in [-0.4, -0.2) is 16.6 Å². The number of nitrogens with one attached hydrogen (secondary N) is 1. The Morgan fingerprint density at radius 2 is 2.19 bits per heavy atom. The van der Waals surface area contributed by atoms with Crippen molar-refractivity contribution in [1.82, 2.24) is 4.57 Å². The first-order valence-electron chi connectivity index (χ1n) is 7.74. The van der Waals surface area contributed by atoms with Gasteiger partial charge in [-0.15, -0.1) is 0 Å². The van der Waals surface area contributed by atoms with Gasteiger partial charge in [0.05, 0.1) is 0 Å². The Morgan fingerprint density at radius 3 is 2.76 bits per heavy atom. The summed E-state index contributed by atoms with van der Waals surface area (Å²) in [5, 5.41) is 7.79. The molecule has 2 aliphatic carbocycles. The lowest BCUT2D eigenvalue weighted by molar-refractivity contribution is -0.157. The summed E-state index contributed by atoms with van der Waals surface area (Å²) in [5.41, 5.74) is 0.672. The zero-order chi connectivity index (χ0) is 15.3.